The summed E-state index contributed by atoms with van der Waals surface area (Å²) in [4.78, 5) is 9.71. The maximum absolute atomic E-state index is 4.30. The van der Waals surface area contributed by atoms with Gasteiger partial charge in [0.05, 0.1) is 12.7 Å². The van der Waals surface area contributed by atoms with Gasteiger partial charge in [-0.2, -0.15) is 4.98 Å². The van der Waals surface area contributed by atoms with Gasteiger partial charge in [-0.1, -0.05) is 6.92 Å². The summed E-state index contributed by atoms with van der Waals surface area (Å²) in [6, 6.07) is 0. The molecule has 2 N–H and O–H groups in total. The number of halogens is 1. The highest BCUT2D eigenvalue weighted by molar-refractivity contribution is 5.57. The Hall–Kier alpha value is -0.430. The third kappa shape index (κ3) is 1.98. The molecule has 14 heavy (non-hydrogen) atoms. The molecule has 2 rings (SSSR count). The summed E-state index contributed by atoms with van der Waals surface area (Å²) >= 11 is 0. The lowest BCUT2D eigenvalue weighted by Crippen LogP contribution is -3.10. The topological polar surface area (TPSA) is 42.2 Å². The van der Waals surface area contributed by atoms with Gasteiger partial charge in [-0.05, 0) is 6.42 Å². The van der Waals surface area contributed by atoms with Crippen molar-refractivity contribution in [2.24, 2.45) is 0 Å². The van der Waals surface area contributed by atoms with E-state index in [2.05, 4.69) is 29.1 Å². The third-order valence-corrected chi connectivity index (χ3v) is 2.43. The zero-order chi connectivity index (χ0) is 9.26. The van der Waals surface area contributed by atoms with Gasteiger partial charge in [0.15, 0.2) is 6.17 Å². The van der Waals surface area contributed by atoms with E-state index in [1.165, 1.54) is 11.3 Å². The molecule has 0 saturated carbocycles. The molecule has 78 valence electrons. The van der Waals surface area contributed by atoms with Crippen molar-refractivity contribution < 1.29 is 28.9 Å². The lowest BCUT2D eigenvalue weighted by atomic mass is 10.4. The van der Waals surface area contributed by atoms with Gasteiger partial charge in [-0.15, -0.1) is 0 Å². The molecule has 4 nitrogen and oxygen atoms in total. The number of fused-ring (bicyclic) bond motifs is 1. The Labute approximate surface area is 101 Å². The van der Waals surface area contributed by atoms with E-state index in [4.69, 9.17) is 0 Å². The fraction of sp³-hybridized carbons (Fsp3) is 0.556. The summed E-state index contributed by atoms with van der Waals surface area (Å²) in [5.41, 5.74) is 1.08. The molecule has 2 atom stereocenters. The number of aromatic nitrogens is 2. The van der Waals surface area contributed by atoms with Crippen LogP contribution in [0.4, 0.5) is 11.5 Å². The fourth-order valence-corrected chi connectivity index (χ4v) is 1.82. The second kappa shape index (κ2) is 4.88. The molecule has 1 aliphatic rings. The molecular formula is C9H15IN4. The lowest BCUT2D eigenvalue weighted by molar-refractivity contribution is -0.850. The van der Waals surface area contributed by atoms with Crippen molar-refractivity contribution in [3.8, 4) is 0 Å². The highest BCUT2D eigenvalue weighted by Gasteiger charge is 2.31. The first-order chi connectivity index (χ1) is 6.33. The van der Waals surface area contributed by atoms with Crippen molar-refractivity contribution in [3.05, 3.63) is 12.5 Å². The molecule has 1 aromatic rings. The molecule has 1 aliphatic heterocycles. The van der Waals surface area contributed by atoms with Crippen molar-refractivity contribution in [1.82, 2.24) is 9.97 Å². The Morgan fingerprint density at radius 3 is 3.07 bits per heavy atom. The molecular weight excluding hydrogens is 291 g/mol. The van der Waals surface area contributed by atoms with E-state index in [1.54, 1.807) is 6.33 Å². The second-order valence-electron chi connectivity index (χ2n) is 3.43. The van der Waals surface area contributed by atoms with Gasteiger partial charge in [0, 0.05) is 6.92 Å². The maximum atomic E-state index is 4.30. The van der Waals surface area contributed by atoms with Gasteiger partial charge >= 0.3 is 0 Å². The molecule has 0 saturated heterocycles. The normalized spacial score (nSPS) is 23.6. The van der Waals surface area contributed by atoms with E-state index in [0.29, 0.717) is 6.17 Å². The van der Waals surface area contributed by atoms with Crippen molar-refractivity contribution >= 4 is 11.5 Å². The summed E-state index contributed by atoms with van der Waals surface area (Å²) < 4.78 is 0. The first-order valence-electron chi connectivity index (χ1n) is 4.75. The minimum Gasteiger partial charge on any atom is -1.00 e. The van der Waals surface area contributed by atoms with E-state index in [0.717, 1.165) is 18.1 Å². The molecule has 0 fully saturated rings. The average Bonchev–Trinajstić information content (AvgIpc) is 2.44. The number of nitrogens with one attached hydrogen (secondary N) is 2. The first kappa shape index (κ1) is 11.6. The third-order valence-electron chi connectivity index (χ3n) is 2.43. The van der Waals surface area contributed by atoms with Crippen LogP contribution in [0.15, 0.2) is 12.5 Å². The van der Waals surface area contributed by atoms with Gasteiger partial charge in [-0.25, -0.2) is 4.98 Å². The molecule has 0 radical (unpaired) electrons. The summed E-state index contributed by atoms with van der Waals surface area (Å²) in [5.74, 6) is 1.12. The monoisotopic (exact) mass is 306 g/mol. The average molecular weight is 306 g/mol. The fourth-order valence-electron chi connectivity index (χ4n) is 1.82. The van der Waals surface area contributed by atoms with Gasteiger partial charge in [0.25, 0.3) is 5.82 Å². The second-order valence-corrected chi connectivity index (χ2v) is 3.43. The van der Waals surface area contributed by atoms with E-state index in [9.17, 15) is 0 Å². The number of quaternary nitrogens is 1. The molecule has 0 bridgehead atoms. The number of nitrogens with zero attached hydrogens (tertiary/aromatic N) is 2. The number of anilines is 1. The van der Waals surface area contributed by atoms with Crippen LogP contribution in [0.1, 0.15) is 20.3 Å². The van der Waals surface area contributed by atoms with Gasteiger partial charge in [0.2, 0.25) is 0 Å². The predicted octanol–water partition coefficient (Wildman–Crippen LogP) is -2.82. The Kier molecular flexibility index (Phi) is 4.06. The van der Waals surface area contributed by atoms with Crippen molar-refractivity contribution in [1.29, 1.82) is 0 Å². The van der Waals surface area contributed by atoms with E-state index >= 15 is 0 Å². The molecule has 1 aromatic heterocycles. The molecule has 2 unspecified atom stereocenters. The molecule has 0 aliphatic carbocycles. The lowest BCUT2D eigenvalue weighted by Gasteiger charge is -2.15. The van der Waals surface area contributed by atoms with Crippen LogP contribution in [0.25, 0.3) is 0 Å². The SMILES string of the molecule is CCC[NH+]1c2ncncc2NC1C.[I-]. The van der Waals surface area contributed by atoms with Gasteiger partial charge in [-0.3, -0.25) is 4.90 Å². The van der Waals surface area contributed by atoms with Gasteiger partial charge < -0.3 is 29.3 Å². The molecule has 0 spiro atoms. The molecule has 5 heteroatoms. The molecule has 0 amide bonds. The molecule has 0 aromatic carbocycles. The Morgan fingerprint density at radius 2 is 2.36 bits per heavy atom. The Balaban J connectivity index is 0.000000980. The largest absolute Gasteiger partial charge is 1.00 e. The summed E-state index contributed by atoms with van der Waals surface area (Å²) in [5, 5.41) is 3.37. The number of rotatable bonds is 2. The Bertz CT molecular complexity index is 305. The van der Waals surface area contributed by atoms with Crippen LogP contribution in [0, 0.1) is 0 Å². The number of hydrogen-bond donors (Lipinski definition) is 2. The standard InChI is InChI=1S/C9H14N4.HI/c1-3-4-13-7(2)12-8-5-10-6-11-9(8)13;/h5-7,12H,3-4H2,1-2H3;1H. The van der Waals surface area contributed by atoms with Crippen LogP contribution in [0.2, 0.25) is 0 Å². The maximum Gasteiger partial charge on any atom is 0.254 e. The molecule has 2 heterocycles. The van der Waals surface area contributed by atoms with E-state index < -0.39 is 0 Å². The van der Waals surface area contributed by atoms with Crippen LogP contribution < -0.4 is 34.2 Å². The van der Waals surface area contributed by atoms with E-state index in [1.807, 2.05) is 6.20 Å². The van der Waals surface area contributed by atoms with Crippen molar-refractivity contribution in [3.63, 3.8) is 0 Å². The van der Waals surface area contributed by atoms with Crippen LogP contribution in [-0.2, 0) is 0 Å². The zero-order valence-electron chi connectivity index (χ0n) is 8.42. The van der Waals surface area contributed by atoms with Crippen molar-refractivity contribution in [2.75, 3.05) is 11.9 Å². The smallest absolute Gasteiger partial charge is 0.254 e. The zero-order valence-corrected chi connectivity index (χ0v) is 10.6. The van der Waals surface area contributed by atoms with Crippen LogP contribution in [0.5, 0.6) is 0 Å². The summed E-state index contributed by atoms with van der Waals surface area (Å²) in [6.45, 7) is 5.49. The van der Waals surface area contributed by atoms with Crippen LogP contribution in [-0.4, -0.2) is 22.7 Å². The quantitative estimate of drug-likeness (QED) is 0.579. The van der Waals surface area contributed by atoms with Gasteiger partial charge in [0.1, 0.15) is 12.0 Å². The highest BCUT2D eigenvalue weighted by atomic mass is 127. The predicted molar refractivity (Wildman–Crippen MR) is 50.9 cm³/mol. The minimum absolute atomic E-state index is 0. The first-order valence-corrected chi connectivity index (χ1v) is 4.75. The number of hydrogen-bond acceptors (Lipinski definition) is 3. The minimum atomic E-state index is 0. The highest BCUT2D eigenvalue weighted by Crippen LogP contribution is 2.17. The summed E-state index contributed by atoms with van der Waals surface area (Å²) in [6.07, 6.45) is 5.06. The van der Waals surface area contributed by atoms with Crippen LogP contribution >= 0.6 is 0 Å². The van der Waals surface area contributed by atoms with Crippen molar-refractivity contribution in [2.45, 2.75) is 26.4 Å². The Morgan fingerprint density at radius 1 is 1.57 bits per heavy atom. The summed E-state index contributed by atoms with van der Waals surface area (Å²) in [7, 11) is 0. The van der Waals surface area contributed by atoms with Crippen LogP contribution in [0.3, 0.4) is 0 Å². The van der Waals surface area contributed by atoms with E-state index in [-0.39, 0.29) is 24.0 Å².